The van der Waals surface area contributed by atoms with Crippen LogP contribution in [-0.4, -0.2) is 24.3 Å². The van der Waals surface area contributed by atoms with Gasteiger partial charge in [0, 0.05) is 0 Å². The van der Waals surface area contributed by atoms with Gasteiger partial charge in [-0.25, -0.2) is 13.2 Å². The van der Waals surface area contributed by atoms with E-state index in [2.05, 4.69) is 20.0 Å². The van der Waals surface area contributed by atoms with Gasteiger partial charge < -0.3 is 19.7 Å². The Bertz CT molecular complexity index is 1340. The predicted octanol–water partition coefficient (Wildman–Crippen LogP) is 2.18. The fourth-order valence-electron chi connectivity index (χ4n) is 2.83. The highest BCUT2D eigenvalue weighted by Crippen LogP contribution is 2.22. The van der Waals surface area contributed by atoms with E-state index in [-0.39, 0.29) is 22.7 Å². The van der Waals surface area contributed by atoms with E-state index in [1.165, 1.54) is 36.6 Å². The maximum atomic E-state index is 12.8. The molecule has 9 nitrogen and oxygen atoms in total. The minimum absolute atomic E-state index is 0.0500. The summed E-state index contributed by atoms with van der Waals surface area (Å²) in [4.78, 5) is 28.9. The van der Waals surface area contributed by atoms with Gasteiger partial charge in [0.1, 0.15) is 5.76 Å². The van der Waals surface area contributed by atoms with E-state index < -0.39 is 21.6 Å². The van der Waals surface area contributed by atoms with Crippen molar-refractivity contribution in [2.75, 3.05) is 4.72 Å². The zero-order chi connectivity index (χ0) is 20.4. The fourth-order valence-corrected chi connectivity index (χ4v) is 3.93. The van der Waals surface area contributed by atoms with E-state index in [0.29, 0.717) is 16.8 Å². The second kappa shape index (κ2) is 7.32. The minimum Gasteiger partial charge on any atom is -0.467 e. The summed E-state index contributed by atoms with van der Waals surface area (Å²) in [5, 5.41) is 2.68. The molecule has 0 radical (unpaired) electrons. The number of para-hydroxylation sites is 1. The molecule has 0 aliphatic rings. The normalized spacial score (nSPS) is 11.4. The molecular weight excluding hydrogens is 396 g/mol. The molecule has 0 unspecified atom stereocenters. The average molecular weight is 412 g/mol. The van der Waals surface area contributed by atoms with E-state index in [1.54, 1.807) is 24.3 Å². The number of carbonyl (C=O) groups excluding carboxylic acids is 1. The molecule has 29 heavy (non-hydrogen) atoms. The number of rotatable bonds is 6. The van der Waals surface area contributed by atoms with Crippen molar-refractivity contribution in [3.63, 3.8) is 0 Å². The van der Waals surface area contributed by atoms with Gasteiger partial charge in [-0.15, -0.1) is 0 Å². The van der Waals surface area contributed by atoms with Crippen LogP contribution in [0.25, 0.3) is 11.0 Å². The maximum Gasteiger partial charge on any atom is 0.323 e. The van der Waals surface area contributed by atoms with Gasteiger partial charge in [0.05, 0.1) is 40.0 Å². The lowest BCUT2D eigenvalue weighted by atomic mass is 10.1. The molecule has 0 atom stereocenters. The molecule has 4 N–H and O–H groups in total. The van der Waals surface area contributed by atoms with E-state index in [9.17, 15) is 18.0 Å². The Labute approximate surface area is 164 Å². The Morgan fingerprint density at radius 3 is 2.59 bits per heavy atom. The molecule has 4 rings (SSSR count). The van der Waals surface area contributed by atoms with Crippen LogP contribution in [0, 0.1) is 0 Å². The summed E-state index contributed by atoms with van der Waals surface area (Å²) in [6, 6.07) is 13.9. The number of imidazole rings is 1. The number of aromatic nitrogens is 2. The zero-order valence-electron chi connectivity index (χ0n) is 14.9. The summed E-state index contributed by atoms with van der Waals surface area (Å²) in [5.74, 6) is 0.121. The number of benzene rings is 2. The molecule has 0 saturated heterocycles. The number of carbonyl (C=O) groups is 1. The van der Waals surface area contributed by atoms with Crippen molar-refractivity contribution >= 4 is 32.7 Å². The van der Waals surface area contributed by atoms with E-state index in [1.807, 2.05) is 0 Å². The number of H-pyrrole nitrogens is 2. The second-order valence-electron chi connectivity index (χ2n) is 6.20. The number of furan rings is 1. The molecule has 0 fully saturated rings. The first-order chi connectivity index (χ1) is 13.9. The number of hydrogen-bond donors (Lipinski definition) is 4. The first-order valence-electron chi connectivity index (χ1n) is 8.57. The lowest BCUT2D eigenvalue weighted by Crippen LogP contribution is -2.24. The summed E-state index contributed by atoms with van der Waals surface area (Å²) in [6.45, 7) is 0.171. The molecular formula is C19H16N4O5S. The smallest absolute Gasteiger partial charge is 0.323 e. The van der Waals surface area contributed by atoms with Gasteiger partial charge >= 0.3 is 5.69 Å². The van der Waals surface area contributed by atoms with Gasteiger partial charge in [-0.1, -0.05) is 12.1 Å². The third-order valence-corrected chi connectivity index (χ3v) is 5.58. The minimum atomic E-state index is -3.99. The van der Waals surface area contributed by atoms with Crippen molar-refractivity contribution in [3.05, 3.63) is 82.7 Å². The predicted molar refractivity (Wildman–Crippen MR) is 106 cm³/mol. The lowest BCUT2D eigenvalue weighted by Gasteiger charge is -2.12. The summed E-state index contributed by atoms with van der Waals surface area (Å²) in [6.07, 6.45) is 1.50. The Morgan fingerprint density at radius 2 is 1.79 bits per heavy atom. The van der Waals surface area contributed by atoms with E-state index >= 15 is 0 Å². The first kappa shape index (κ1) is 18.6. The van der Waals surface area contributed by atoms with Crippen LogP contribution in [0.3, 0.4) is 0 Å². The van der Waals surface area contributed by atoms with Crippen LogP contribution in [0.1, 0.15) is 16.1 Å². The summed E-state index contributed by atoms with van der Waals surface area (Å²) < 4.78 is 33.2. The maximum absolute atomic E-state index is 12.8. The van der Waals surface area contributed by atoms with Crippen LogP contribution in [0.2, 0.25) is 0 Å². The second-order valence-corrected chi connectivity index (χ2v) is 7.88. The highest BCUT2D eigenvalue weighted by Gasteiger charge is 2.19. The van der Waals surface area contributed by atoms with Crippen molar-refractivity contribution in [2.24, 2.45) is 0 Å². The average Bonchev–Trinajstić information content (AvgIpc) is 3.34. The largest absolute Gasteiger partial charge is 0.467 e. The van der Waals surface area contributed by atoms with Crippen molar-refractivity contribution in [1.29, 1.82) is 0 Å². The highest BCUT2D eigenvalue weighted by molar-refractivity contribution is 7.92. The van der Waals surface area contributed by atoms with Gasteiger partial charge in [-0.05, 0) is 42.5 Å². The molecule has 4 aromatic rings. The Balaban J connectivity index is 1.59. The van der Waals surface area contributed by atoms with E-state index in [0.717, 1.165) is 0 Å². The molecule has 1 amide bonds. The Morgan fingerprint density at radius 1 is 1.00 bits per heavy atom. The van der Waals surface area contributed by atoms with Gasteiger partial charge in [0.15, 0.2) is 0 Å². The van der Waals surface area contributed by atoms with Crippen molar-refractivity contribution in [1.82, 2.24) is 15.3 Å². The third kappa shape index (κ3) is 3.92. The lowest BCUT2D eigenvalue weighted by molar-refractivity contribution is 0.0949. The number of sulfonamides is 1. The quantitative estimate of drug-likeness (QED) is 0.385. The summed E-state index contributed by atoms with van der Waals surface area (Å²) >= 11 is 0. The van der Waals surface area contributed by atoms with Crippen LogP contribution in [0.15, 0.2) is 75.0 Å². The SMILES string of the molecule is O=C(NCc1ccco1)c1ccccc1NS(=O)(=O)c1ccc2[nH]c(=O)[nH]c2c1. The van der Waals surface area contributed by atoms with Crippen LogP contribution in [-0.2, 0) is 16.6 Å². The molecule has 2 aromatic heterocycles. The molecule has 2 aromatic carbocycles. The third-order valence-electron chi connectivity index (χ3n) is 4.22. The molecule has 2 heterocycles. The molecule has 0 bridgehead atoms. The zero-order valence-corrected chi connectivity index (χ0v) is 15.7. The molecule has 0 aliphatic heterocycles. The van der Waals surface area contributed by atoms with Crippen molar-refractivity contribution in [2.45, 2.75) is 11.4 Å². The van der Waals surface area contributed by atoms with Crippen LogP contribution < -0.4 is 15.7 Å². The van der Waals surface area contributed by atoms with Crippen molar-refractivity contribution < 1.29 is 17.6 Å². The number of fused-ring (bicyclic) bond motifs is 1. The molecule has 148 valence electrons. The molecule has 10 heteroatoms. The van der Waals surface area contributed by atoms with Gasteiger partial charge in [0.2, 0.25) is 0 Å². The monoisotopic (exact) mass is 412 g/mol. The fraction of sp³-hybridized carbons (Fsp3) is 0.0526. The van der Waals surface area contributed by atoms with Crippen LogP contribution in [0.5, 0.6) is 0 Å². The summed E-state index contributed by atoms with van der Waals surface area (Å²) in [7, 11) is -3.99. The Kier molecular flexibility index (Phi) is 4.69. The Hall–Kier alpha value is -3.79. The van der Waals surface area contributed by atoms with Gasteiger partial charge in [-0.3, -0.25) is 9.52 Å². The number of hydrogen-bond acceptors (Lipinski definition) is 5. The number of anilines is 1. The molecule has 0 saturated carbocycles. The summed E-state index contributed by atoms with van der Waals surface area (Å²) in [5.41, 5.74) is 0.723. The topological polar surface area (TPSA) is 137 Å². The van der Waals surface area contributed by atoms with Crippen LogP contribution >= 0.6 is 0 Å². The number of aromatic amines is 2. The first-order valence-corrected chi connectivity index (χ1v) is 10.1. The van der Waals surface area contributed by atoms with Gasteiger partial charge in [-0.2, -0.15) is 0 Å². The molecule has 0 aliphatic carbocycles. The number of amides is 1. The molecule has 0 spiro atoms. The van der Waals surface area contributed by atoms with Crippen LogP contribution in [0.4, 0.5) is 5.69 Å². The van der Waals surface area contributed by atoms with E-state index in [4.69, 9.17) is 4.42 Å². The van der Waals surface area contributed by atoms with Gasteiger partial charge in [0.25, 0.3) is 15.9 Å². The van der Waals surface area contributed by atoms with Crippen molar-refractivity contribution in [3.8, 4) is 0 Å². The standard InChI is InChI=1S/C19H16N4O5S/c24-18(20-11-12-4-3-9-28-12)14-5-1-2-6-15(14)23-29(26,27)13-7-8-16-17(10-13)22-19(25)21-16/h1-10,23H,11H2,(H,20,24)(H2,21,22,25). The number of nitrogens with one attached hydrogen (secondary N) is 4. The highest BCUT2D eigenvalue weighted by atomic mass is 32.2.